The fourth-order valence-corrected chi connectivity index (χ4v) is 4.89. The maximum atomic E-state index is 12.5. The number of hydrogen-bond acceptors (Lipinski definition) is 3. The Labute approximate surface area is 120 Å². The Morgan fingerprint density at radius 1 is 1.44 bits per heavy atom. The third-order valence-corrected chi connectivity index (χ3v) is 6.01. The summed E-state index contributed by atoms with van der Waals surface area (Å²) in [6.45, 7) is 0.891. The lowest BCUT2D eigenvalue weighted by molar-refractivity contribution is 0.316. The number of halogens is 2. The standard InChI is InChI=1S/C11H14BrClN2O2S/c12-10-6-8(13)3-4-11(10)18(16,17)15-5-1-2-9(14)7-15/h3-4,6,9H,1-2,5,7,14H2. The van der Waals surface area contributed by atoms with Crippen LogP contribution in [0.4, 0.5) is 0 Å². The van der Waals surface area contributed by atoms with E-state index in [2.05, 4.69) is 15.9 Å². The zero-order chi connectivity index (χ0) is 13.3. The Kier molecular flexibility index (Phi) is 4.33. The lowest BCUT2D eigenvalue weighted by Gasteiger charge is -2.30. The number of hydrogen-bond donors (Lipinski definition) is 1. The van der Waals surface area contributed by atoms with E-state index < -0.39 is 10.0 Å². The van der Waals surface area contributed by atoms with Gasteiger partial charge in [-0.2, -0.15) is 4.31 Å². The minimum Gasteiger partial charge on any atom is -0.327 e. The molecule has 0 saturated carbocycles. The smallest absolute Gasteiger partial charge is 0.244 e. The molecular weight excluding hydrogens is 340 g/mol. The van der Waals surface area contributed by atoms with E-state index in [0.717, 1.165) is 12.8 Å². The van der Waals surface area contributed by atoms with Crippen LogP contribution in [0.2, 0.25) is 5.02 Å². The van der Waals surface area contributed by atoms with Gasteiger partial charge in [0.15, 0.2) is 0 Å². The van der Waals surface area contributed by atoms with E-state index in [4.69, 9.17) is 17.3 Å². The van der Waals surface area contributed by atoms with Crippen molar-refractivity contribution in [3.63, 3.8) is 0 Å². The van der Waals surface area contributed by atoms with Gasteiger partial charge < -0.3 is 5.73 Å². The average molecular weight is 354 g/mol. The molecule has 0 aliphatic carbocycles. The molecule has 1 unspecified atom stereocenters. The van der Waals surface area contributed by atoms with Crippen LogP contribution < -0.4 is 5.73 Å². The molecule has 1 aliphatic heterocycles. The number of nitrogens with two attached hydrogens (primary N) is 1. The fourth-order valence-electron chi connectivity index (χ4n) is 2.02. The van der Waals surface area contributed by atoms with E-state index in [1.54, 1.807) is 12.1 Å². The minimum atomic E-state index is -3.49. The summed E-state index contributed by atoms with van der Waals surface area (Å²) in [6, 6.07) is 4.59. The quantitative estimate of drug-likeness (QED) is 0.886. The third kappa shape index (κ3) is 2.88. The molecule has 4 nitrogen and oxygen atoms in total. The highest BCUT2D eigenvalue weighted by molar-refractivity contribution is 9.10. The van der Waals surface area contributed by atoms with Crippen molar-refractivity contribution >= 4 is 37.6 Å². The van der Waals surface area contributed by atoms with Gasteiger partial charge in [-0.05, 0) is 47.0 Å². The maximum absolute atomic E-state index is 12.5. The van der Waals surface area contributed by atoms with Crippen LogP contribution in [0, 0.1) is 0 Å². The molecule has 1 saturated heterocycles. The summed E-state index contributed by atoms with van der Waals surface area (Å²) in [5, 5.41) is 0.496. The van der Waals surface area contributed by atoms with Crippen LogP contribution >= 0.6 is 27.5 Å². The molecule has 1 atom stereocenters. The molecule has 0 amide bonds. The van der Waals surface area contributed by atoms with Crippen molar-refractivity contribution in [2.75, 3.05) is 13.1 Å². The summed E-state index contributed by atoms with van der Waals surface area (Å²) in [5.41, 5.74) is 5.82. The monoisotopic (exact) mass is 352 g/mol. The van der Waals surface area contributed by atoms with E-state index in [-0.39, 0.29) is 10.9 Å². The summed E-state index contributed by atoms with van der Waals surface area (Å²) < 4.78 is 26.8. The van der Waals surface area contributed by atoms with Crippen molar-refractivity contribution in [2.24, 2.45) is 5.73 Å². The van der Waals surface area contributed by atoms with Gasteiger partial charge in [0.25, 0.3) is 0 Å². The molecular formula is C11H14BrClN2O2S. The van der Waals surface area contributed by atoms with Gasteiger partial charge in [-0.1, -0.05) is 11.6 Å². The number of piperidine rings is 1. The fraction of sp³-hybridized carbons (Fsp3) is 0.455. The predicted octanol–water partition coefficient (Wildman–Crippen LogP) is 2.21. The molecule has 18 heavy (non-hydrogen) atoms. The molecule has 0 bridgehead atoms. The van der Waals surface area contributed by atoms with Crippen molar-refractivity contribution in [3.05, 3.63) is 27.7 Å². The van der Waals surface area contributed by atoms with E-state index in [9.17, 15) is 8.42 Å². The topological polar surface area (TPSA) is 63.4 Å². The Hall–Kier alpha value is -0.140. The first kappa shape index (κ1) is 14.3. The van der Waals surface area contributed by atoms with E-state index in [1.807, 2.05) is 0 Å². The van der Waals surface area contributed by atoms with Gasteiger partial charge in [0.2, 0.25) is 10.0 Å². The molecule has 7 heteroatoms. The number of rotatable bonds is 2. The largest absolute Gasteiger partial charge is 0.327 e. The van der Waals surface area contributed by atoms with Gasteiger partial charge in [-0.25, -0.2) is 8.42 Å². The predicted molar refractivity (Wildman–Crippen MR) is 75.1 cm³/mol. The summed E-state index contributed by atoms with van der Waals surface area (Å²) in [4.78, 5) is 0.237. The molecule has 2 rings (SSSR count). The van der Waals surface area contributed by atoms with E-state index in [1.165, 1.54) is 10.4 Å². The highest BCUT2D eigenvalue weighted by atomic mass is 79.9. The zero-order valence-electron chi connectivity index (χ0n) is 9.64. The Morgan fingerprint density at radius 2 is 2.17 bits per heavy atom. The van der Waals surface area contributed by atoms with E-state index >= 15 is 0 Å². The van der Waals surface area contributed by atoms with Crippen LogP contribution in [0.5, 0.6) is 0 Å². The molecule has 1 heterocycles. The van der Waals surface area contributed by atoms with Gasteiger partial charge in [-0.15, -0.1) is 0 Å². The van der Waals surface area contributed by atoms with Crippen LogP contribution in [-0.4, -0.2) is 31.9 Å². The minimum absolute atomic E-state index is 0.0837. The van der Waals surface area contributed by atoms with Crippen molar-refractivity contribution in [1.82, 2.24) is 4.31 Å². The molecule has 0 radical (unpaired) electrons. The van der Waals surface area contributed by atoms with Crippen LogP contribution in [0.1, 0.15) is 12.8 Å². The van der Waals surface area contributed by atoms with Crippen LogP contribution in [0.3, 0.4) is 0 Å². The molecule has 0 aromatic heterocycles. The molecule has 0 spiro atoms. The number of sulfonamides is 1. The first-order valence-corrected chi connectivity index (χ1v) is 8.23. The van der Waals surface area contributed by atoms with Gasteiger partial charge in [-0.3, -0.25) is 0 Å². The van der Waals surface area contributed by atoms with Crippen molar-refractivity contribution in [1.29, 1.82) is 0 Å². The Balaban J connectivity index is 2.35. The van der Waals surface area contributed by atoms with Crippen molar-refractivity contribution < 1.29 is 8.42 Å². The maximum Gasteiger partial charge on any atom is 0.244 e. The molecule has 2 N–H and O–H groups in total. The first-order chi connectivity index (χ1) is 8.41. The second-order valence-electron chi connectivity index (χ2n) is 4.34. The number of benzene rings is 1. The molecule has 1 aromatic rings. The Morgan fingerprint density at radius 3 is 2.78 bits per heavy atom. The average Bonchev–Trinajstić information content (AvgIpc) is 2.28. The van der Waals surface area contributed by atoms with Crippen LogP contribution in [-0.2, 0) is 10.0 Å². The lowest BCUT2D eigenvalue weighted by Crippen LogP contribution is -2.45. The molecule has 1 aromatic carbocycles. The molecule has 100 valence electrons. The second kappa shape index (κ2) is 5.46. The van der Waals surface area contributed by atoms with E-state index in [0.29, 0.717) is 22.6 Å². The number of nitrogens with zero attached hydrogens (tertiary/aromatic N) is 1. The SMILES string of the molecule is NC1CCCN(S(=O)(=O)c2ccc(Cl)cc2Br)C1. The molecule has 1 aliphatic rings. The van der Waals surface area contributed by atoms with Crippen LogP contribution in [0.25, 0.3) is 0 Å². The zero-order valence-corrected chi connectivity index (χ0v) is 12.8. The summed E-state index contributed by atoms with van der Waals surface area (Å²) in [5.74, 6) is 0. The Bertz CT molecular complexity index is 550. The molecule has 1 fully saturated rings. The lowest BCUT2D eigenvalue weighted by atomic mass is 10.1. The highest BCUT2D eigenvalue weighted by Crippen LogP contribution is 2.29. The van der Waals surface area contributed by atoms with Gasteiger partial charge in [0.1, 0.15) is 0 Å². The summed E-state index contributed by atoms with van der Waals surface area (Å²) in [6.07, 6.45) is 1.67. The summed E-state index contributed by atoms with van der Waals surface area (Å²) in [7, 11) is -3.49. The van der Waals surface area contributed by atoms with Gasteiger partial charge in [0.05, 0.1) is 4.90 Å². The normalized spacial score (nSPS) is 22.1. The third-order valence-electron chi connectivity index (χ3n) is 2.93. The van der Waals surface area contributed by atoms with Gasteiger partial charge in [0, 0.05) is 28.6 Å². The highest BCUT2D eigenvalue weighted by Gasteiger charge is 2.30. The summed E-state index contributed by atoms with van der Waals surface area (Å²) >= 11 is 9.06. The van der Waals surface area contributed by atoms with Gasteiger partial charge >= 0.3 is 0 Å². The first-order valence-electron chi connectivity index (χ1n) is 5.62. The second-order valence-corrected chi connectivity index (χ2v) is 7.54. The van der Waals surface area contributed by atoms with Crippen LogP contribution in [0.15, 0.2) is 27.6 Å². The van der Waals surface area contributed by atoms with Crippen molar-refractivity contribution in [3.8, 4) is 0 Å². The van der Waals surface area contributed by atoms with Crippen molar-refractivity contribution in [2.45, 2.75) is 23.8 Å².